The molecule has 2 amide bonds. The van der Waals surface area contributed by atoms with Gasteiger partial charge in [0.25, 0.3) is 0 Å². The summed E-state index contributed by atoms with van der Waals surface area (Å²) in [7, 11) is 1.27. The third-order valence-corrected chi connectivity index (χ3v) is 4.35. The highest BCUT2D eigenvalue weighted by molar-refractivity contribution is 5.82. The van der Waals surface area contributed by atoms with Crippen LogP contribution in [0.15, 0.2) is 41.5 Å². The molecule has 0 spiro atoms. The predicted molar refractivity (Wildman–Crippen MR) is 102 cm³/mol. The van der Waals surface area contributed by atoms with Crippen LogP contribution in [0.2, 0.25) is 0 Å². The van der Waals surface area contributed by atoms with Gasteiger partial charge >= 0.3 is 6.09 Å². The van der Waals surface area contributed by atoms with E-state index in [1.807, 2.05) is 35.2 Å². The van der Waals surface area contributed by atoms with Gasteiger partial charge in [0.1, 0.15) is 6.54 Å². The van der Waals surface area contributed by atoms with Gasteiger partial charge in [0.05, 0.1) is 12.8 Å². The van der Waals surface area contributed by atoms with E-state index >= 15 is 0 Å². The van der Waals surface area contributed by atoms with Gasteiger partial charge in [-0.25, -0.2) is 4.79 Å². The van der Waals surface area contributed by atoms with E-state index in [0.29, 0.717) is 19.0 Å². The van der Waals surface area contributed by atoms with Crippen molar-refractivity contribution in [3.8, 4) is 0 Å². The lowest BCUT2D eigenvalue weighted by Crippen LogP contribution is -2.45. The van der Waals surface area contributed by atoms with Crippen molar-refractivity contribution < 1.29 is 14.3 Å². The molecule has 1 fully saturated rings. The molecule has 2 rings (SSSR count). The van der Waals surface area contributed by atoms with Crippen molar-refractivity contribution >= 4 is 24.4 Å². The minimum atomic E-state index is -0.605. The Hall–Kier alpha value is -2.83. The lowest BCUT2D eigenvalue weighted by Gasteiger charge is -2.26. The Morgan fingerprint density at radius 2 is 2.08 bits per heavy atom. The first-order valence-electron chi connectivity index (χ1n) is 8.61. The van der Waals surface area contributed by atoms with Crippen molar-refractivity contribution in [2.45, 2.75) is 19.4 Å². The number of aliphatic imine (C=N–C) groups is 1. The molecule has 0 aromatic heterocycles. The number of likely N-dealkylation sites (tertiary alicyclic amines) is 1. The molecule has 0 bridgehead atoms. The van der Waals surface area contributed by atoms with E-state index in [-0.39, 0.29) is 18.5 Å². The van der Waals surface area contributed by atoms with Crippen molar-refractivity contribution in [3.05, 3.63) is 42.1 Å². The average Bonchev–Trinajstić information content (AvgIpc) is 3.04. The number of hydrogen-bond donors (Lipinski definition) is 2. The number of hydrogen-bond acceptors (Lipinski definition) is 5. The first-order valence-corrected chi connectivity index (χ1v) is 8.61. The lowest BCUT2D eigenvalue weighted by atomic mass is 10.1. The average molecular weight is 358 g/mol. The zero-order chi connectivity index (χ0) is 18.9. The Morgan fingerprint density at radius 1 is 1.35 bits per heavy atom. The van der Waals surface area contributed by atoms with Gasteiger partial charge in [-0.2, -0.15) is 0 Å². The molecule has 26 heavy (non-hydrogen) atoms. The van der Waals surface area contributed by atoms with Crippen LogP contribution >= 0.6 is 0 Å². The maximum absolute atomic E-state index is 12.4. The monoisotopic (exact) mass is 358 g/mol. The fourth-order valence-electron chi connectivity index (χ4n) is 3.13. The molecule has 2 unspecified atom stereocenters. The van der Waals surface area contributed by atoms with Crippen molar-refractivity contribution in [1.29, 1.82) is 0 Å². The van der Waals surface area contributed by atoms with Crippen molar-refractivity contribution in [1.82, 2.24) is 15.5 Å². The summed E-state index contributed by atoms with van der Waals surface area (Å²) in [6, 6.07) is 9.90. The molecule has 1 saturated heterocycles. The van der Waals surface area contributed by atoms with Crippen LogP contribution in [-0.4, -0.2) is 56.4 Å². The number of rotatable bonds is 7. The molecule has 0 radical (unpaired) electrons. The third-order valence-electron chi connectivity index (χ3n) is 4.35. The summed E-state index contributed by atoms with van der Waals surface area (Å²) >= 11 is 0. The van der Waals surface area contributed by atoms with Crippen LogP contribution in [0.1, 0.15) is 18.9 Å². The Kier molecular flexibility index (Phi) is 7.20. The number of alkyl carbamates (subject to hydrolysis) is 1. The van der Waals surface area contributed by atoms with Crippen molar-refractivity contribution in [2.24, 2.45) is 10.9 Å². The Bertz CT molecular complexity index is 660. The number of nitrogens with zero attached hydrogens (tertiary/aromatic N) is 2. The highest BCUT2D eigenvalue weighted by Crippen LogP contribution is 2.23. The van der Waals surface area contributed by atoms with Crippen molar-refractivity contribution in [2.75, 3.05) is 26.7 Å². The predicted octanol–water partition coefficient (Wildman–Crippen LogP) is 1.87. The summed E-state index contributed by atoms with van der Waals surface area (Å²) in [5.41, 5.74) is 1.87. The molecule has 0 saturated carbocycles. The molecule has 1 aliphatic heterocycles. The van der Waals surface area contributed by atoms with E-state index in [4.69, 9.17) is 0 Å². The molecule has 140 valence electrons. The number of carbonyl (C=O) groups is 2. The molecule has 1 aliphatic rings. The molecule has 7 heteroatoms. The fraction of sp³-hybridized carbons (Fsp3) is 0.421. The van der Waals surface area contributed by atoms with Gasteiger partial charge in [0, 0.05) is 25.3 Å². The van der Waals surface area contributed by atoms with Crippen LogP contribution in [0.4, 0.5) is 4.79 Å². The van der Waals surface area contributed by atoms with Crippen LogP contribution < -0.4 is 10.6 Å². The molecule has 7 nitrogen and oxygen atoms in total. The van der Waals surface area contributed by atoms with Crippen LogP contribution in [0.25, 0.3) is 5.70 Å². The molecule has 0 aliphatic carbocycles. The minimum Gasteiger partial charge on any atom is -0.453 e. The van der Waals surface area contributed by atoms with E-state index in [0.717, 1.165) is 17.7 Å². The molecule has 2 N–H and O–H groups in total. The molecule has 1 aromatic rings. The maximum Gasteiger partial charge on any atom is 0.407 e. The van der Waals surface area contributed by atoms with E-state index in [2.05, 4.69) is 34.0 Å². The third kappa shape index (κ3) is 5.34. The second-order valence-corrected chi connectivity index (χ2v) is 6.36. The van der Waals surface area contributed by atoms with E-state index in [1.165, 1.54) is 7.11 Å². The van der Waals surface area contributed by atoms with Crippen LogP contribution in [0.5, 0.6) is 0 Å². The molecule has 2 atom stereocenters. The summed E-state index contributed by atoms with van der Waals surface area (Å²) in [5, 5.41) is 5.83. The summed E-state index contributed by atoms with van der Waals surface area (Å²) in [4.78, 5) is 29.3. The zero-order valence-corrected chi connectivity index (χ0v) is 15.3. The standard InChI is InChI=1S/C19H26N4O3/c1-14-9-16(23(13-14)18(24)12-22-19(25)26-3)10-21-17(11-20-2)15-7-5-4-6-8-15/h4-8,11,14,16,21H,2,9-10,12-13H2,1,3H3,(H,22,25)/b17-11-. The number of amides is 2. The molecule has 1 aromatic carbocycles. The highest BCUT2D eigenvalue weighted by atomic mass is 16.5. The van der Waals surface area contributed by atoms with E-state index in [1.54, 1.807) is 6.20 Å². The van der Waals surface area contributed by atoms with Crippen molar-refractivity contribution in [3.63, 3.8) is 0 Å². The Balaban J connectivity index is 1.99. The Labute approximate surface area is 154 Å². The summed E-state index contributed by atoms with van der Waals surface area (Å²) in [5.74, 6) is 0.296. The first-order chi connectivity index (χ1) is 12.5. The summed E-state index contributed by atoms with van der Waals surface area (Å²) < 4.78 is 4.51. The fourth-order valence-corrected chi connectivity index (χ4v) is 3.13. The zero-order valence-electron chi connectivity index (χ0n) is 15.3. The smallest absolute Gasteiger partial charge is 0.407 e. The van der Waals surface area contributed by atoms with Gasteiger partial charge in [-0.05, 0) is 24.6 Å². The summed E-state index contributed by atoms with van der Waals surface area (Å²) in [6.07, 6.45) is 1.98. The summed E-state index contributed by atoms with van der Waals surface area (Å²) in [6.45, 7) is 6.86. The quantitative estimate of drug-likeness (QED) is 0.729. The van der Waals surface area contributed by atoms with Gasteiger partial charge in [0.2, 0.25) is 5.91 Å². The number of nitrogens with one attached hydrogen (secondary N) is 2. The van der Waals surface area contributed by atoms with E-state index < -0.39 is 6.09 Å². The van der Waals surface area contributed by atoms with Gasteiger partial charge in [-0.3, -0.25) is 9.79 Å². The maximum atomic E-state index is 12.4. The molecule has 1 heterocycles. The van der Waals surface area contributed by atoms with Crippen LogP contribution in [0.3, 0.4) is 0 Å². The lowest BCUT2D eigenvalue weighted by molar-refractivity contribution is -0.131. The number of methoxy groups -OCH3 is 1. The van der Waals surface area contributed by atoms with Crippen LogP contribution in [0, 0.1) is 5.92 Å². The number of carbonyl (C=O) groups excluding carboxylic acids is 2. The van der Waals surface area contributed by atoms with Gasteiger partial charge in [0.15, 0.2) is 0 Å². The van der Waals surface area contributed by atoms with Gasteiger partial charge in [-0.1, -0.05) is 37.3 Å². The number of benzene rings is 1. The largest absolute Gasteiger partial charge is 0.453 e. The number of ether oxygens (including phenoxy) is 1. The second kappa shape index (κ2) is 9.60. The normalized spacial score (nSPS) is 19.8. The first kappa shape index (κ1) is 19.5. The minimum absolute atomic E-state index is 0.0499. The SMILES string of the molecule is C=N/C=C(\NCC1CC(C)CN1C(=O)CNC(=O)OC)c1ccccc1. The Morgan fingerprint density at radius 3 is 2.73 bits per heavy atom. The topological polar surface area (TPSA) is 83.0 Å². The second-order valence-electron chi connectivity index (χ2n) is 6.36. The van der Waals surface area contributed by atoms with E-state index in [9.17, 15) is 9.59 Å². The van der Waals surface area contributed by atoms with Gasteiger partial charge in [-0.15, -0.1) is 0 Å². The van der Waals surface area contributed by atoms with Gasteiger partial charge < -0.3 is 20.3 Å². The van der Waals surface area contributed by atoms with Crippen LogP contribution in [-0.2, 0) is 9.53 Å². The highest BCUT2D eigenvalue weighted by Gasteiger charge is 2.32. The molecular formula is C19H26N4O3. The molecular weight excluding hydrogens is 332 g/mol.